The molecule has 0 fully saturated rings. The van der Waals surface area contributed by atoms with Crippen LogP contribution in [0.4, 0.5) is 10.5 Å². The van der Waals surface area contributed by atoms with E-state index in [1.807, 2.05) is 26.0 Å². The number of hydrogen-bond donors (Lipinski definition) is 2. The van der Waals surface area contributed by atoms with Crippen molar-refractivity contribution >= 4 is 65.6 Å². The molecule has 0 spiro atoms. The number of aryl methyl sites for hydroxylation is 3. The molecule has 2 N–H and O–H groups in total. The van der Waals surface area contributed by atoms with Gasteiger partial charge < -0.3 is 14.3 Å². The second-order valence-corrected chi connectivity index (χ2v) is 11.7. The van der Waals surface area contributed by atoms with Crippen molar-refractivity contribution in [2.24, 2.45) is 0 Å². The van der Waals surface area contributed by atoms with Crippen LogP contribution in [0.2, 0.25) is 0 Å². The first-order valence-corrected chi connectivity index (χ1v) is 14.0. The molecule has 0 atom stereocenters. The lowest BCUT2D eigenvalue weighted by Gasteiger charge is -2.07. The van der Waals surface area contributed by atoms with Crippen molar-refractivity contribution in [2.75, 3.05) is 5.32 Å². The van der Waals surface area contributed by atoms with Gasteiger partial charge >= 0.3 is 11.7 Å². The quantitative estimate of drug-likeness (QED) is 0.214. The number of aliphatic hydroxyl groups excluding tert-OH is 1. The highest BCUT2D eigenvalue weighted by Gasteiger charge is 2.09. The minimum absolute atomic E-state index is 0.151. The van der Waals surface area contributed by atoms with Gasteiger partial charge in [-0.25, -0.2) is 9.59 Å². The molecule has 0 saturated heterocycles. The zero-order valence-electron chi connectivity index (χ0n) is 21.7. The Labute approximate surface area is 233 Å². The number of carbonyl (C=O) groups is 1. The van der Waals surface area contributed by atoms with E-state index >= 15 is 0 Å². The number of rotatable bonds is 4. The number of aliphatic hydroxyl groups is 1. The fourth-order valence-electron chi connectivity index (χ4n) is 4.28. The van der Waals surface area contributed by atoms with Gasteiger partial charge in [-0.15, -0.1) is 22.7 Å². The zero-order chi connectivity index (χ0) is 27.5. The van der Waals surface area contributed by atoms with Crippen molar-refractivity contribution < 1.29 is 19.1 Å². The molecule has 6 aromatic rings. The largest absolute Gasteiger partial charge is 0.444 e. The van der Waals surface area contributed by atoms with Gasteiger partial charge in [0, 0.05) is 42.4 Å². The van der Waals surface area contributed by atoms with Crippen molar-refractivity contribution in [2.45, 2.75) is 34.0 Å². The predicted octanol–water partition coefficient (Wildman–Crippen LogP) is 8.08. The average molecular weight is 558 g/mol. The maximum Gasteiger partial charge on any atom is 0.411 e. The van der Waals surface area contributed by atoms with E-state index in [4.69, 9.17) is 14.3 Å². The SMILES string of the molecule is Cc1ccc2sc(CO)cc2c1.Cc1ccc2sc(COC(=O)Nc3ccc4c(C)cc(=O)oc4c3)cc2c1. The van der Waals surface area contributed by atoms with Crippen LogP contribution in [0, 0.1) is 20.8 Å². The third-order valence-electron chi connectivity index (χ3n) is 6.14. The third kappa shape index (κ3) is 6.37. The Bertz CT molecular complexity index is 1860. The van der Waals surface area contributed by atoms with E-state index in [0.29, 0.717) is 11.3 Å². The van der Waals surface area contributed by atoms with E-state index in [0.717, 1.165) is 26.1 Å². The summed E-state index contributed by atoms with van der Waals surface area (Å²) in [6.07, 6.45) is -0.557. The molecule has 0 radical (unpaired) electrons. The highest BCUT2D eigenvalue weighted by Crippen LogP contribution is 2.28. The molecule has 0 unspecified atom stereocenters. The van der Waals surface area contributed by atoms with E-state index in [2.05, 4.69) is 48.6 Å². The van der Waals surface area contributed by atoms with E-state index < -0.39 is 11.7 Å². The van der Waals surface area contributed by atoms with Gasteiger partial charge in [0.1, 0.15) is 12.2 Å². The Morgan fingerprint density at radius 1 is 0.846 bits per heavy atom. The predicted molar refractivity (Wildman–Crippen MR) is 160 cm³/mol. The van der Waals surface area contributed by atoms with E-state index in [9.17, 15) is 9.59 Å². The number of thiophene rings is 2. The van der Waals surface area contributed by atoms with Crippen molar-refractivity contribution in [3.05, 3.63) is 110 Å². The number of amides is 1. The van der Waals surface area contributed by atoms with E-state index in [1.54, 1.807) is 40.9 Å². The second-order valence-electron chi connectivity index (χ2n) is 9.33. The summed E-state index contributed by atoms with van der Waals surface area (Å²) in [4.78, 5) is 25.6. The fraction of sp³-hybridized carbons (Fsp3) is 0.161. The Hall–Kier alpha value is -3.98. The van der Waals surface area contributed by atoms with Crippen LogP contribution < -0.4 is 10.9 Å². The molecule has 0 saturated carbocycles. The smallest absolute Gasteiger partial charge is 0.411 e. The van der Waals surface area contributed by atoms with Gasteiger partial charge in [0.2, 0.25) is 0 Å². The van der Waals surface area contributed by atoms with Gasteiger partial charge in [0.15, 0.2) is 0 Å². The Morgan fingerprint density at radius 2 is 1.49 bits per heavy atom. The Kier molecular flexibility index (Phi) is 7.79. The molecule has 39 heavy (non-hydrogen) atoms. The van der Waals surface area contributed by atoms with Crippen LogP contribution in [-0.4, -0.2) is 11.2 Å². The van der Waals surface area contributed by atoms with Gasteiger partial charge in [-0.3, -0.25) is 5.32 Å². The lowest BCUT2D eigenvalue weighted by atomic mass is 10.1. The molecule has 0 aliphatic heterocycles. The van der Waals surface area contributed by atoms with Crippen LogP contribution >= 0.6 is 22.7 Å². The summed E-state index contributed by atoms with van der Waals surface area (Å²) in [5.41, 5.74) is 3.81. The number of nitrogens with one attached hydrogen (secondary N) is 1. The summed E-state index contributed by atoms with van der Waals surface area (Å²) in [5.74, 6) is 0. The van der Waals surface area contributed by atoms with Crippen LogP contribution in [0.15, 0.2) is 82.0 Å². The first kappa shape index (κ1) is 26.6. The minimum Gasteiger partial charge on any atom is -0.444 e. The van der Waals surface area contributed by atoms with Gasteiger partial charge in [-0.2, -0.15) is 0 Å². The highest BCUT2D eigenvalue weighted by molar-refractivity contribution is 7.19. The number of fused-ring (bicyclic) bond motifs is 3. The van der Waals surface area contributed by atoms with Crippen molar-refractivity contribution in [1.82, 2.24) is 0 Å². The molecule has 3 heterocycles. The Morgan fingerprint density at radius 3 is 2.15 bits per heavy atom. The molecule has 6 rings (SSSR count). The van der Waals surface area contributed by atoms with Crippen LogP contribution in [0.5, 0.6) is 0 Å². The first-order chi connectivity index (χ1) is 18.8. The lowest BCUT2D eigenvalue weighted by molar-refractivity contribution is 0.156. The number of hydrogen-bond acceptors (Lipinski definition) is 7. The number of benzene rings is 3. The van der Waals surface area contributed by atoms with Gasteiger partial charge in [0.25, 0.3) is 0 Å². The summed E-state index contributed by atoms with van der Waals surface area (Å²) in [7, 11) is 0. The monoisotopic (exact) mass is 557 g/mol. The van der Waals surface area contributed by atoms with E-state index in [-0.39, 0.29) is 13.2 Å². The lowest BCUT2D eigenvalue weighted by Crippen LogP contribution is -2.13. The van der Waals surface area contributed by atoms with Crippen molar-refractivity contribution in [1.29, 1.82) is 0 Å². The molecule has 8 heteroatoms. The molecular formula is C31H27NO5S2. The maximum atomic E-state index is 12.1. The summed E-state index contributed by atoms with van der Waals surface area (Å²) in [6, 6.07) is 23.3. The van der Waals surface area contributed by atoms with Gasteiger partial charge in [-0.05, 0) is 73.5 Å². The third-order valence-corrected chi connectivity index (χ3v) is 8.34. The van der Waals surface area contributed by atoms with Crippen molar-refractivity contribution in [3.63, 3.8) is 0 Å². The van der Waals surface area contributed by atoms with Gasteiger partial charge in [-0.1, -0.05) is 35.4 Å². The molecule has 198 valence electrons. The fourth-order valence-corrected chi connectivity index (χ4v) is 6.14. The minimum atomic E-state index is -0.557. The highest BCUT2D eigenvalue weighted by atomic mass is 32.1. The zero-order valence-corrected chi connectivity index (χ0v) is 23.4. The number of carbonyl (C=O) groups excluding carboxylic acids is 1. The molecule has 1 amide bonds. The molecule has 3 aromatic heterocycles. The van der Waals surface area contributed by atoms with Crippen LogP contribution in [0.25, 0.3) is 31.1 Å². The molecule has 3 aromatic carbocycles. The number of anilines is 1. The standard InChI is InChI=1S/C21H17NO4S.C10H10OS/c1-12-3-6-19-14(7-12)9-16(27-19)11-25-21(24)22-15-4-5-17-13(2)8-20(23)26-18(17)10-15;1-7-2-3-10-8(4-7)5-9(6-11)12-10/h3-10H,11H2,1-2H3,(H,22,24);2-5,11H,6H2,1H3. The molecular weight excluding hydrogens is 530 g/mol. The summed E-state index contributed by atoms with van der Waals surface area (Å²) >= 11 is 3.26. The summed E-state index contributed by atoms with van der Waals surface area (Å²) < 4.78 is 12.9. The molecule has 0 bridgehead atoms. The number of ether oxygens (including phenoxy) is 1. The first-order valence-electron chi connectivity index (χ1n) is 12.3. The van der Waals surface area contributed by atoms with Crippen LogP contribution in [0.1, 0.15) is 26.4 Å². The average Bonchev–Trinajstić information content (AvgIpc) is 3.50. The van der Waals surface area contributed by atoms with Crippen LogP contribution in [0.3, 0.4) is 0 Å². The topological polar surface area (TPSA) is 88.8 Å². The molecule has 0 aliphatic rings. The normalized spacial score (nSPS) is 11.0. The summed E-state index contributed by atoms with van der Waals surface area (Å²) in [6.45, 7) is 6.32. The molecule has 6 nitrogen and oxygen atoms in total. The van der Waals surface area contributed by atoms with Gasteiger partial charge in [0.05, 0.1) is 6.61 Å². The summed E-state index contributed by atoms with van der Waals surface area (Å²) in [5, 5.41) is 14.8. The maximum absolute atomic E-state index is 12.1. The molecule has 0 aliphatic carbocycles. The van der Waals surface area contributed by atoms with Crippen LogP contribution in [-0.2, 0) is 18.0 Å². The Balaban J connectivity index is 0.000000214. The second kappa shape index (κ2) is 11.4. The van der Waals surface area contributed by atoms with Crippen molar-refractivity contribution in [3.8, 4) is 0 Å². The van der Waals surface area contributed by atoms with E-state index in [1.165, 1.54) is 32.0 Å².